The first-order chi connectivity index (χ1) is 10.5. The quantitative estimate of drug-likeness (QED) is 0.820. The van der Waals surface area contributed by atoms with Gasteiger partial charge in [-0.05, 0) is 29.7 Å². The van der Waals surface area contributed by atoms with Crippen LogP contribution in [0.15, 0.2) is 24.3 Å². The molecule has 126 valence electrons. The van der Waals surface area contributed by atoms with Gasteiger partial charge >= 0.3 is 6.18 Å². The van der Waals surface area contributed by atoms with E-state index in [9.17, 15) is 22.8 Å². The zero-order chi connectivity index (χ0) is 17.4. The summed E-state index contributed by atoms with van der Waals surface area (Å²) in [5, 5.41) is 5.20. The van der Waals surface area contributed by atoms with Crippen molar-refractivity contribution < 1.29 is 22.8 Å². The van der Waals surface area contributed by atoms with Crippen LogP contribution in [0.3, 0.4) is 0 Å². The van der Waals surface area contributed by atoms with Gasteiger partial charge in [0.1, 0.15) is 5.92 Å². The Hall–Kier alpha value is -2.05. The molecule has 2 N–H and O–H groups in total. The molecule has 0 radical (unpaired) electrons. The molecular formula is C16H19F3N2O2. The number of hydrogen-bond donors (Lipinski definition) is 2. The zero-order valence-electron chi connectivity index (χ0n) is 13.1. The summed E-state index contributed by atoms with van der Waals surface area (Å²) < 4.78 is 37.6. The molecule has 1 heterocycles. The van der Waals surface area contributed by atoms with Crippen molar-refractivity contribution in [2.75, 3.05) is 11.9 Å². The molecule has 0 bridgehead atoms. The lowest BCUT2D eigenvalue weighted by Crippen LogP contribution is -2.37. The fraction of sp³-hybridized carbons (Fsp3) is 0.500. The lowest BCUT2D eigenvalue weighted by molar-refractivity contribution is -0.137. The summed E-state index contributed by atoms with van der Waals surface area (Å²) in [6, 6.07) is 4.15. The predicted molar refractivity (Wildman–Crippen MR) is 79.5 cm³/mol. The number of hydrogen-bond acceptors (Lipinski definition) is 2. The molecule has 0 aromatic heterocycles. The molecule has 1 fully saturated rings. The summed E-state index contributed by atoms with van der Waals surface area (Å²) in [6.07, 6.45) is -4.43. The van der Waals surface area contributed by atoms with Crippen molar-refractivity contribution in [2.45, 2.75) is 26.9 Å². The highest BCUT2D eigenvalue weighted by atomic mass is 19.4. The van der Waals surface area contributed by atoms with Gasteiger partial charge in [-0.3, -0.25) is 9.59 Å². The van der Waals surface area contributed by atoms with Crippen LogP contribution in [0.2, 0.25) is 0 Å². The molecule has 1 aromatic carbocycles. The van der Waals surface area contributed by atoms with Crippen molar-refractivity contribution in [3.05, 3.63) is 29.8 Å². The molecule has 0 aliphatic carbocycles. The summed E-state index contributed by atoms with van der Waals surface area (Å²) in [5.74, 6) is -1.88. The third-order valence-electron chi connectivity index (χ3n) is 4.06. The van der Waals surface area contributed by atoms with E-state index in [4.69, 9.17) is 0 Å². The number of carbonyl (C=O) groups excluding carboxylic acids is 2. The summed E-state index contributed by atoms with van der Waals surface area (Å²) >= 11 is 0. The molecule has 7 heteroatoms. The van der Waals surface area contributed by atoms with Crippen molar-refractivity contribution >= 4 is 17.5 Å². The minimum Gasteiger partial charge on any atom is -0.355 e. The van der Waals surface area contributed by atoms with E-state index in [-0.39, 0.29) is 22.9 Å². The van der Waals surface area contributed by atoms with Crippen LogP contribution in [-0.4, -0.2) is 18.4 Å². The number of amides is 2. The maximum atomic E-state index is 12.5. The van der Waals surface area contributed by atoms with Crippen LogP contribution in [0.25, 0.3) is 0 Å². The Kier molecular flexibility index (Phi) is 4.41. The number of alkyl halides is 3. The van der Waals surface area contributed by atoms with E-state index < -0.39 is 23.6 Å². The summed E-state index contributed by atoms with van der Waals surface area (Å²) in [6.45, 7) is 6.23. The number of benzene rings is 1. The lowest BCUT2D eigenvalue weighted by atomic mass is 9.74. The van der Waals surface area contributed by atoms with Crippen molar-refractivity contribution in [1.29, 1.82) is 0 Å². The van der Waals surface area contributed by atoms with E-state index in [1.54, 1.807) is 0 Å². The number of carbonyl (C=O) groups is 2. The normalized spacial score (nSPS) is 21.9. The topological polar surface area (TPSA) is 58.2 Å². The average molecular weight is 328 g/mol. The highest BCUT2D eigenvalue weighted by molar-refractivity contribution is 6.07. The third-order valence-corrected chi connectivity index (χ3v) is 4.06. The molecule has 2 atom stereocenters. The van der Waals surface area contributed by atoms with Crippen LogP contribution >= 0.6 is 0 Å². The van der Waals surface area contributed by atoms with Crippen LogP contribution in [0, 0.1) is 17.3 Å². The largest absolute Gasteiger partial charge is 0.416 e. The van der Waals surface area contributed by atoms with Gasteiger partial charge in [0.2, 0.25) is 11.8 Å². The number of rotatable bonds is 2. The van der Waals surface area contributed by atoms with E-state index in [0.29, 0.717) is 6.54 Å². The Morgan fingerprint density at radius 1 is 1.17 bits per heavy atom. The fourth-order valence-electron chi connectivity index (χ4n) is 2.69. The molecule has 1 aliphatic heterocycles. The van der Waals surface area contributed by atoms with Gasteiger partial charge in [0, 0.05) is 18.2 Å². The molecule has 2 unspecified atom stereocenters. The van der Waals surface area contributed by atoms with Crippen molar-refractivity contribution in [1.82, 2.24) is 5.32 Å². The van der Waals surface area contributed by atoms with E-state index in [1.165, 1.54) is 12.1 Å². The Morgan fingerprint density at radius 2 is 1.74 bits per heavy atom. The van der Waals surface area contributed by atoms with Gasteiger partial charge in [-0.2, -0.15) is 13.2 Å². The molecule has 23 heavy (non-hydrogen) atoms. The van der Waals surface area contributed by atoms with Crippen molar-refractivity contribution in [2.24, 2.45) is 17.3 Å². The second-order valence-electron chi connectivity index (χ2n) is 6.76. The van der Waals surface area contributed by atoms with Gasteiger partial charge in [0.05, 0.1) is 5.56 Å². The van der Waals surface area contributed by atoms with Crippen LogP contribution in [-0.2, 0) is 15.8 Å². The minimum atomic E-state index is -4.43. The molecule has 4 nitrogen and oxygen atoms in total. The van der Waals surface area contributed by atoms with Gasteiger partial charge in [0.25, 0.3) is 0 Å². The lowest BCUT2D eigenvalue weighted by Gasteiger charge is -2.29. The standard InChI is InChI=1S/C16H19F3N2O2/c1-15(2,3)11-8-20-13(22)12(11)14(23)21-10-6-4-9(5-7-10)16(17,18)19/h4-7,11-12H,8H2,1-3H3,(H,20,22)(H,21,23). The molecule has 0 saturated carbocycles. The fourth-order valence-corrected chi connectivity index (χ4v) is 2.69. The summed E-state index contributed by atoms with van der Waals surface area (Å²) in [5.41, 5.74) is -0.807. The highest BCUT2D eigenvalue weighted by Gasteiger charge is 2.45. The monoisotopic (exact) mass is 328 g/mol. The first kappa shape index (κ1) is 17.3. The summed E-state index contributed by atoms with van der Waals surface area (Å²) in [7, 11) is 0. The molecule has 1 aliphatic rings. The van der Waals surface area contributed by atoms with Crippen LogP contribution in [0.4, 0.5) is 18.9 Å². The van der Waals surface area contributed by atoms with Gasteiger partial charge < -0.3 is 10.6 Å². The van der Waals surface area contributed by atoms with Gasteiger partial charge in [-0.15, -0.1) is 0 Å². The van der Waals surface area contributed by atoms with Gasteiger partial charge in [0.15, 0.2) is 0 Å². The minimum absolute atomic E-state index is 0.176. The Bertz CT molecular complexity index is 603. The second-order valence-corrected chi connectivity index (χ2v) is 6.76. The molecule has 1 saturated heterocycles. The second kappa shape index (κ2) is 5.86. The maximum Gasteiger partial charge on any atom is 0.416 e. The smallest absolute Gasteiger partial charge is 0.355 e. The van der Waals surface area contributed by atoms with Gasteiger partial charge in [-0.1, -0.05) is 20.8 Å². The average Bonchev–Trinajstić information content (AvgIpc) is 2.80. The molecule has 2 rings (SSSR count). The summed E-state index contributed by atoms with van der Waals surface area (Å²) in [4.78, 5) is 24.3. The first-order valence-electron chi connectivity index (χ1n) is 7.26. The van der Waals surface area contributed by atoms with Crippen LogP contribution < -0.4 is 10.6 Å². The predicted octanol–water partition coefficient (Wildman–Crippen LogP) is 3.05. The van der Waals surface area contributed by atoms with Crippen molar-refractivity contribution in [3.8, 4) is 0 Å². The van der Waals surface area contributed by atoms with E-state index in [0.717, 1.165) is 12.1 Å². The number of nitrogens with one attached hydrogen (secondary N) is 2. The van der Waals surface area contributed by atoms with Gasteiger partial charge in [-0.25, -0.2) is 0 Å². The Morgan fingerprint density at radius 3 is 2.22 bits per heavy atom. The zero-order valence-corrected chi connectivity index (χ0v) is 13.1. The molecule has 2 amide bonds. The SMILES string of the molecule is CC(C)(C)C1CNC(=O)C1C(=O)Nc1ccc(C(F)(F)F)cc1. The van der Waals surface area contributed by atoms with E-state index in [1.807, 2.05) is 20.8 Å². The molecular weight excluding hydrogens is 309 g/mol. The first-order valence-corrected chi connectivity index (χ1v) is 7.26. The maximum absolute atomic E-state index is 12.5. The Balaban J connectivity index is 2.13. The van der Waals surface area contributed by atoms with E-state index >= 15 is 0 Å². The highest BCUT2D eigenvalue weighted by Crippen LogP contribution is 2.36. The van der Waals surface area contributed by atoms with Crippen LogP contribution in [0.1, 0.15) is 26.3 Å². The number of anilines is 1. The van der Waals surface area contributed by atoms with E-state index in [2.05, 4.69) is 10.6 Å². The Labute approximate surface area is 132 Å². The van der Waals surface area contributed by atoms with Crippen molar-refractivity contribution in [3.63, 3.8) is 0 Å². The van der Waals surface area contributed by atoms with Crippen LogP contribution in [0.5, 0.6) is 0 Å². The molecule has 1 aromatic rings. The number of halogens is 3. The molecule has 0 spiro atoms. The third kappa shape index (κ3) is 3.83.